The van der Waals surface area contributed by atoms with Gasteiger partial charge in [-0.15, -0.1) is 0 Å². The number of aromatic nitrogens is 3. The van der Waals surface area contributed by atoms with E-state index in [1.807, 2.05) is 22.6 Å². The quantitative estimate of drug-likeness (QED) is 0.795. The van der Waals surface area contributed by atoms with Crippen LogP contribution >= 0.6 is 34.2 Å². The highest BCUT2D eigenvalue weighted by Gasteiger charge is 2.35. The maximum atomic E-state index is 12.4. The molecule has 0 aromatic carbocycles. The lowest BCUT2D eigenvalue weighted by atomic mass is 10.2. The average molecular weight is 405 g/mol. The van der Waals surface area contributed by atoms with Crippen molar-refractivity contribution >= 4 is 45.5 Å². The SMILES string of the molecule is CC(CNc1cc(Cl)nn2c(I)cnc12)C(F)(F)F. The number of fused-ring (bicyclic) bond motifs is 1. The monoisotopic (exact) mass is 404 g/mol. The summed E-state index contributed by atoms with van der Waals surface area (Å²) in [6.07, 6.45) is -2.67. The highest BCUT2D eigenvalue weighted by atomic mass is 127. The van der Waals surface area contributed by atoms with Gasteiger partial charge in [0.05, 0.1) is 17.8 Å². The topological polar surface area (TPSA) is 42.2 Å². The van der Waals surface area contributed by atoms with E-state index in [1.165, 1.54) is 10.6 Å². The van der Waals surface area contributed by atoms with Gasteiger partial charge in [-0.2, -0.15) is 18.3 Å². The zero-order valence-electron chi connectivity index (χ0n) is 9.67. The van der Waals surface area contributed by atoms with Crippen LogP contribution in [0.15, 0.2) is 12.3 Å². The third kappa shape index (κ3) is 3.22. The Labute approximate surface area is 125 Å². The third-order valence-electron chi connectivity index (χ3n) is 2.55. The lowest BCUT2D eigenvalue weighted by molar-refractivity contribution is -0.165. The molecule has 0 amide bonds. The normalized spacial score (nSPS) is 13.8. The number of alkyl halides is 3. The lowest BCUT2D eigenvalue weighted by Crippen LogP contribution is -2.27. The second kappa shape index (κ2) is 5.31. The first-order chi connectivity index (χ1) is 8.79. The molecule has 2 aromatic rings. The van der Waals surface area contributed by atoms with Gasteiger partial charge < -0.3 is 5.32 Å². The summed E-state index contributed by atoms with van der Waals surface area (Å²) >= 11 is 7.85. The molecule has 0 aliphatic heterocycles. The minimum atomic E-state index is -4.23. The summed E-state index contributed by atoms with van der Waals surface area (Å²) in [5, 5.41) is 6.92. The second-order valence-electron chi connectivity index (χ2n) is 4.02. The second-order valence-corrected chi connectivity index (χ2v) is 5.51. The van der Waals surface area contributed by atoms with E-state index in [2.05, 4.69) is 15.4 Å². The molecule has 4 nitrogen and oxygen atoms in total. The van der Waals surface area contributed by atoms with Gasteiger partial charge in [-0.05, 0) is 22.6 Å². The van der Waals surface area contributed by atoms with Gasteiger partial charge in [-0.25, -0.2) is 9.50 Å². The number of hydrogen-bond acceptors (Lipinski definition) is 3. The molecule has 9 heteroatoms. The number of imidazole rings is 1. The zero-order chi connectivity index (χ0) is 14.2. The maximum Gasteiger partial charge on any atom is 0.393 e. The third-order valence-corrected chi connectivity index (χ3v) is 3.47. The van der Waals surface area contributed by atoms with E-state index in [1.54, 1.807) is 6.20 Å². The molecule has 0 bridgehead atoms. The van der Waals surface area contributed by atoms with Crippen LogP contribution in [0.25, 0.3) is 5.65 Å². The minimum Gasteiger partial charge on any atom is -0.381 e. The molecule has 2 heterocycles. The Bertz CT molecular complexity index is 598. The summed E-state index contributed by atoms with van der Waals surface area (Å²) in [7, 11) is 0. The van der Waals surface area contributed by atoms with Gasteiger partial charge in [0.15, 0.2) is 10.8 Å². The molecule has 1 unspecified atom stereocenters. The Morgan fingerprint density at radius 3 is 2.84 bits per heavy atom. The van der Waals surface area contributed by atoms with Gasteiger partial charge in [-0.1, -0.05) is 18.5 Å². The molecule has 0 spiro atoms. The molecule has 2 rings (SSSR count). The molecule has 0 fully saturated rings. The number of nitrogens with one attached hydrogen (secondary N) is 1. The average Bonchev–Trinajstić information content (AvgIpc) is 2.66. The van der Waals surface area contributed by atoms with Crippen molar-refractivity contribution in [2.45, 2.75) is 13.1 Å². The summed E-state index contributed by atoms with van der Waals surface area (Å²) in [6.45, 7) is 0.866. The molecular weight excluding hydrogens is 395 g/mol. The van der Waals surface area contributed by atoms with Crippen molar-refractivity contribution in [3.05, 3.63) is 21.1 Å². The van der Waals surface area contributed by atoms with E-state index in [4.69, 9.17) is 11.6 Å². The number of halogens is 5. The Balaban J connectivity index is 2.26. The molecule has 0 aliphatic rings. The molecule has 1 N–H and O–H groups in total. The Morgan fingerprint density at radius 2 is 2.21 bits per heavy atom. The highest BCUT2D eigenvalue weighted by molar-refractivity contribution is 14.1. The van der Waals surface area contributed by atoms with Crippen LogP contribution in [-0.4, -0.2) is 27.3 Å². The fourth-order valence-electron chi connectivity index (χ4n) is 1.42. The molecular formula is C10H9ClF3IN4. The Kier molecular flexibility index (Phi) is 4.09. The molecule has 0 aliphatic carbocycles. The molecule has 0 saturated carbocycles. The standard InChI is InChI=1S/C10H9ClF3IN4/c1-5(10(12,13)14)3-16-6-2-7(11)18-19-8(15)4-17-9(6)19/h2,4-5,16H,3H2,1H3. The van der Waals surface area contributed by atoms with E-state index in [9.17, 15) is 13.2 Å². The number of rotatable bonds is 3. The first kappa shape index (κ1) is 14.6. The van der Waals surface area contributed by atoms with Crippen molar-refractivity contribution < 1.29 is 13.2 Å². The molecule has 0 radical (unpaired) electrons. The predicted octanol–water partition coefficient (Wildman–Crippen LogP) is 3.60. The van der Waals surface area contributed by atoms with Gasteiger partial charge in [0.1, 0.15) is 3.70 Å². The predicted molar refractivity (Wildman–Crippen MR) is 74.4 cm³/mol. The summed E-state index contributed by atoms with van der Waals surface area (Å²) < 4.78 is 39.5. The van der Waals surface area contributed by atoms with Crippen molar-refractivity contribution in [1.29, 1.82) is 0 Å². The van der Waals surface area contributed by atoms with Crippen LogP contribution < -0.4 is 5.32 Å². The molecule has 104 valence electrons. The lowest BCUT2D eigenvalue weighted by Gasteiger charge is -2.17. The minimum absolute atomic E-state index is 0.186. The first-order valence-corrected chi connectivity index (χ1v) is 6.75. The van der Waals surface area contributed by atoms with Crippen molar-refractivity contribution in [3.8, 4) is 0 Å². The molecule has 0 saturated heterocycles. The van der Waals surface area contributed by atoms with E-state index in [0.29, 0.717) is 11.3 Å². The summed E-state index contributed by atoms with van der Waals surface area (Å²) in [5.74, 6) is -1.46. The van der Waals surface area contributed by atoms with Crippen LogP contribution in [0, 0.1) is 9.62 Å². The number of nitrogens with zero attached hydrogens (tertiary/aromatic N) is 3. The number of hydrogen-bond donors (Lipinski definition) is 1. The summed E-state index contributed by atoms with van der Waals surface area (Å²) in [4.78, 5) is 4.09. The first-order valence-electron chi connectivity index (χ1n) is 5.29. The fraction of sp³-hybridized carbons (Fsp3) is 0.400. The van der Waals surface area contributed by atoms with Gasteiger partial charge >= 0.3 is 6.18 Å². The highest BCUT2D eigenvalue weighted by Crippen LogP contribution is 2.27. The smallest absolute Gasteiger partial charge is 0.381 e. The maximum absolute atomic E-state index is 12.4. The van der Waals surface area contributed by atoms with Gasteiger partial charge in [0.25, 0.3) is 0 Å². The zero-order valence-corrected chi connectivity index (χ0v) is 12.6. The number of anilines is 1. The summed E-state index contributed by atoms with van der Waals surface area (Å²) in [6, 6.07) is 1.46. The van der Waals surface area contributed by atoms with Crippen LogP contribution in [0.1, 0.15) is 6.92 Å². The Morgan fingerprint density at radius 1 is 1.53 bits per heavy atom. The van der Waals surface area contributed by atoms with Gasteiger partial charge in [-0.3, -0.25) is 0 Å². The van der Waals surface area contributed by atoms with Crippen molar-refractivity contribution in [1.82, 2.24) is 14.6 Å². The molecule has 2 aromatic heterocycles. The van der Waals surface area contributed by atoms with E-state index in [-0.39, 0.29) is 11.7 Å². The van der Waals surface area contributed by atoms with Crippen molar-refractivity contribution in [2.75, 3.05) is 11.9 Å². The fourth-order valence-corrected chi connectivity index (χ4v) is 2.08. The van der Waals surface area contributed by atoms with Crippen LogP contribution in [0.5, 0.6) is 0 Å². The van der Waals surface area contributed by atoms with Crippen LogP contribution in [0.3, 0.4) is 0 Å². The van der Waals surface area contributed by atoms with Gasteiger partial charge in [0.2, 0.25) is 0 Å². The van der Waals surface area contributed by atoms with E-state index >= 15 is 0 Å². The van der Waals surface area contributed by atoms with E-state index in [0.717, 1.165) is 10.6 Å². The van der Waals surface area contributed by atoms with E-state index < -0.39 is 12.1 Å². The van der Waals surface area contributed by atoms with Gasteiger partial charge in [0, 0.05) is 12.6 Å². The van der Waals surface area contributed by atoms with Crippen molar-refractivity contribution in [3.63, 3.8) is 0 Å². The van der Waals surface area contributed by atoms with Crippen molar-refractivity contribution in [2.24, 2.45) is 5.92 Å². The molecule has 19 heavy (non-hydrogen) atoms. The Hall–Kier alpha value is -0.770. The largest absolute Gasteiger partial charge is 0.393 e. The summed E-state index contributed by atoms with van der Waals surface area (Å²) in [5.41, 5.74) is 0.877. The van der Waals surface area contributed by atoms with Crippen LogP contribution in [-0.2, 0) is 0 Å². The van der Waals surface area contributed by atoms with Crippen LogP contribution in [0.2, 0.25) is 5.15 Å². The molecule has 1 atom stereocenters. The van der Waals surface area contributed by atoms with Crippen LogP contribution in [0.4, 0.5) is 18.9 Å².